The highest BCUT2D eigenvalue weighted by Crippen LogP contribution is 2.30. The van der Waals surface area contributed by atoms with Gasteiger partial charge in [-0.05, 0) is 67.9 Å². The molecule has 0 amide bonds. The van der Waals surface area contributed by atoms with E-state index in [2.05, 4.69) is 75.1 Å². The van der Waals surface area contributed by atoms with Crippen LogP contribution in [0.25, 0.3) is 0 Å². The first-order valence-corrected chi connectivity index (χ1v) is 12.3. The largest absolute Gasteiger partial charge is 0.0683 e. The van der Waals surface area contributed by atoms with E-state index in [1.165, 1.54) is 61.6 Å². The molecule has 0 bridgehead atoms. The first-order chi connectivity index (χ1) is 14.6. The van der Waals surface area contributed by atoms with Crippen molar-refractivity contribution in [3.63, 3.8) is 0 Å². The van der Waals surface area contributed by atoms with Crippen LogP contribution < -0.4 is 0 Å². The van der Waals surface area contributed by atoms with Crippen molar-refractivity contribution in [2.45, 2.75) is 93.4 Å². The van der Waals surface area contributed by atoms with Crippen molar-refractivity contribution in [1.82, 2.24) is 0 Å². The predicted molar refractivity (Wildman–Crippen MR) is 135 cm³/mol. The maximum Gasteiger partial charge on any atom is 0.0278 e. The quantitative estimate of drug-likeness (QED) is 0.354. The number of aryl methyl sites for hydroxylation is 3. The summed E-state index contributed by atoms with van der Waals surface area (Å²) in [5.41, 5.74) is 6.29. The van der Waals surface area contributed by atoms with Gasteiger partial charge in [0.15, 0.2) is 0 Å². The summed E-state index contributed by atoms with van der Waals surface area (Å²) in [4.78, 5) is 0. The van der Waals surface area contributed by atoms with E-state index in [9.17, 15) is 0 Å². The molecule has 0 heterocycles. The van der Waals surface area contributed by atoms with E-state index in [4.69, 9.17) is 0 Å². The molecule has 0 spiro atoms. The van der Waals surface area contributed by atoms with E-state index in [1.54, 1.807) is 0 Å². The van der Waals surface area contributed by atoms with Gasteiger partial charge in [-0.25, -0.2) is 0 Å². The van der Waals surface area contributed by atoms with Crippen LogP contribution in [0.3, 0.4) is 0 Å². The highest BCUT2D eigenvalue weighted by molar-refractivity contribution is 5.47. The van der Waals surface area contributed by atoms with Crippen LogP contribution in [0.15, 0.2) is 42.5 Å². The fourth-order valence-electron chi connectivity index (χ4n) is 4.02. The molecule has 0 aromatic heterocycles. The molecule has 1 aliphatic carbocycles. The average Bonchev–Trinajstić information content (AvgIpc) is 2.99. The summed E-state index contributed by atoms with van der Waals surface area (Å²) in [6.45, 7) is 14.7. The predicted octanol–water partition coefficient (Wildman–Crippen LogP) is 8.90. The lowest BCUT2D eigenvalue weighted by atomic mass is 9.91. The highest BCUT2D eigenvalue weighted by Gasteiger charge is 2.16. The Hall–Kier alpha value is -2.00. The lowest BCUT2D eigenvalue weighted by Gasteiger charge is -2.14. The molecule has 0 heteroatoms. The minimum atomic E-state index is 0.932. The van der Waals surface area contributed by atoms with Gasteiger partial charge in [-0.1, -0.05) is 108 Å². The molecule has 164 valence electrons. The third-order valence-corrected chi connectivity index (χ3v) is 5.90. The summed E-state index contributed by atoms with van der Waals surface area (Å²) in [7, 11) is 0. The molecule has 30 heavy (non-hydrogen) atoms. The summed E-state index contributed by atoms with van der Waals surface area (Å²) in [5, 5.41) is 0. The molecule has 0 N–H and O–H groups in total. The van der Waals surface area contributed by atoms with Crippen molar-refractivity contribution < 1.29 is 0 Å². The van der Waals surface area contributed by atoms with E-state index in [0.29, 0.717) is 0 Å². The summed E-state index contributed by atoms with van der Waals surface area (Å²) < 4.78 is 0. The lowest BCUT2D eigenvalue weighted by Crippen LogP contribution is -2.01. The van der Waals surface area contributed by atoms with E-state index in [1.807, 2.05) is 27.7 Å². The molecule has 2 atom stereocenters. The first kappa shape index (κ1) is 26.0. The maximum atomic E-state index is 3.34. The lowest BCUT2D eigenvalue weighted by molar-refractivity contribution is 0.419. The van der Waals surface area contributed by atoms with Gasteiger partial charge in [-0.15, -0.1) is 0 Å². The normalized spacial score (nSPS) is 17.8. The molecule has 3 rings (SSSR count). The van der Waals surface area contributed by atoms with E-state index in [0.717, 1.165) is 23.0 Å². The number of benzene rings is 2. The van der Waals surface area contributed by atoms with Crippen LogP contribution in [0.1, 0.15) is 101 Å². The Morgan fingerprint density at radius 1 is 0.800 bits per heavy atom. The molecule has 2 aromatic carbocycles. The minimum Gasteiger partial charge on any atom is -0.0683 e. The van der Waals surface area contributed by atoms with Gasteiger partial charge >= 0.3 is 0 Å². The minimum absolute atomic E-state index is 0.932. The second kappa shape index (κ2) is 14.9. The fraction of sp³-hybridized carbons (Fsp3) is 0.533. The molecule has 1 saturated carbocycles. The molecule has 1 aliphatic rings. The number of rotatable bonds is 3. The van der Waals surface area contributed by atoms with Gasteiger partial charge in [0.1, 0.15) is 0 Å². The van der Waals surface area contributed by atoms with Gasteiger partial charge in [0.25, 0.3) is 0 Å². The summed E-state index contributed by atoms with van der Waals surface area (Å²) in [6.07, 6.45) is 9.72. The van der Waals surface area contributed by atoms with E-state index >= 15 is 0 Å². The van der Waals surface area contributed by atoms with Crippen LogP contribution in [-0.2, 0) is 6.42 Å². The zero-order chi connectivity index (χ0) is 22.4. The van der Waals surface area contributed by atoms with Crippen LogP contribution >= 0.6 is 0 Å². The summed E-state index contributed by atoms with van der Waals surface area (Å²) in [5.74, 6) is 8.51. The van der Waals surface area contributed by atoms with Gasteiger partial charge in [0.05, 0.1) is 0 Å². The fourth-order valence-corrected chi connectivity index (χ4v) is 4.02. The Morgan fingerprint density at radius 3 is 2.17 bits per heavy atom. The first-order valence-electron chi connectivity index (χ1n) is 12.3. The Balaban J connectivity index is 0.00000106. The van der Waals surface area contributed by atoms with Crippen molar-refractivity contribution >= 4 is 0 Å². The Labute approximate surface area is 187 Å². The van der Waals surface area contributed by atoms with Crippen LogP contribution in [0, 0.1) is 37.5 Å². The Kier molecular flexibility index (Phi) is 12.9. The molecular formula is C30H44. The van der Waals surface area contributed by atoms with Crippen molar-refractivity contribution in [1.29, 1.82) is 0 Å². The molecule has 0 radical (unpaired) electrons. The average molecular weight is 405 g/mol. The van der Waals surface area contributed by atoms with Gasteiger partial charge in [-0.2, -0.15) is 0 Å². The molecule has 2 unspecified atom stereocenters. The third-order valence-electron chi connectivity index (χ3n) is 5.90. The molecular weight excluding hydrogens is 360 g/mol. The zero-order valence-corrected chi connectivity index (χ0v) is 20.6. The number of hydrogen-bond acceptors (Lipinski definition) is 0. The van der Waals surface area contributed by atoms with Gasteiger partial charge in [-0.3, -0.25) is 0 Å². The van der Waals surface area contributed by atoms with Crippen molar-refractivity contribution in [2.24, 2.45) is 11.8 Å². The van der Waals surface area contributed by atoms with Gasteiger partial charge in [0, 0.05) is 11.1 Å². The van der Waals surface area contributed by atoms with E-state index < -0.39 is 0 Å². The van der Waals surface area contributed by atoms with Crippen LogP contribution in [0.5, 0.6) is 0 Å². The Morgan fingerprint density at radius 2 is 1.50 bits per heavy atom. The maximum absolute atomic E-state index is 3.34. The number of hydrogen-bond donors (Lipinski definition) is 0. The van der Waals surface area contributed by atoms with Crippen LogP contribution in [0.4, 0.5) is 0 Å². The molecule has 2 aromatic rings. The SMILES string of the molecule is CC.CC.Cc1ccc(C#Cc2ccc(CCC3CCCC(C)CC3)cc2C)cc1. The molecule has 0 nitrogen and oxygen atoms in total. The molecule has 1 fully saturated rings. The Bertz CT molecular complexity index is 770. The van der Waals surface area contributed by atoms with Gasteiger partial charge < -0.3 is 0 Å². The van der Waals surface area contributed by atoms with Crippen molar-refractivity contribution in [3.05, 3.63) is 70.3 Å². The van der Waals surface area contributed by atoms with Crippen molar-refractivity contribution in [3.8, 4) is 11.8 Å². The monoisotopic (exact) mass is 404 g/mol. The standard InChI is InChI=1S/C26H32.2C2H6/c1-20-5-4-6-23(10-7-20)13-14-25-16-18-26(22(3)19-25)17-15-24-11-8-21(2)9-12-24;2*1-2/h8-9,11-12,16,18-20,23H,4-7,10,13-14H2,1-3H3;2*1-2H3. The van der Waals surface area contributed by atoms with Crippen LogP contribution in [0.2, 0.25) is 0 Å². The van der Waals surface area contributed by atoms with Crippen molar-refractivity contribution in [2.75, 3.05) is 0 Å². The highest BCUT2D eigenvalue weighted by atomic mass is 14.2. The summed E-state index contributed by atoms with van der Waals surface area (Å²) >= 11 is 0. The smallest absolute Gasteiger partial charge is 0.0278 e. The second-order valence-electron chi connectivity index (χ2n) is 8.28. The second-order valence-corrected chi connectivity index (χ2v) is 8.28. The topological polar surface area (TPSA) is 0 Å². The third kappa shape index (κ3) is 9.21. The van der Waals surface area contributed by atoms with Gasteiger partial charge in [0.2, 0.25) is 0 Å². The van der Waals surface area contributed by atoms with E-state index in [-0.39, 0.29) is 0 Å². The molecule has 0 aliphatic heterocycles. The zero-order valence-electron chi connectivity index (χ0n) is 20.6. The van der Waals surface area contributed by atoms with Crippen LogP contribution in [-0.4, -0.2) is 0 Å². The summed E-state index contributed by atoms with van der Waals surface area (Å²) in [6, 6.07) is 15.3. The molecule has 0 saturated heterocycles.